The maximum atomic E-state index is 13.1. The highest BCUT2D eigenvalue weighted by Crippen LogP contribution is 2.38. The van der Waals surface area contributed by atoms with Crippen molar-refractivity contribution in [2.45, 2.75) is 77.2 Å². The first-order valence-corrected chi connectivity index (χ1v) is 13.0. The molecule has 2 atom stereocenters. The number of nitrogens with two attached hydrogens (primary N) is 1. The molecule has 1 saturated heterocycles. The van der Waals surface area contributed by atoms with E-state index in [2.05, 4.69) is 59.0 Å². The lowest BCUT2D eigenvalue weighted by molar-refractivity contribution is -0.137. The van der Waals surface area contributed by atoms with Gasteiger partial charge >= 0.3 is 0 Å². The van der Waals surface area contributed by atoms with E-state index in [1.807, 2.05) is 13.1 Å². The van der Waals surface area contributed by atoms with Crippen LogP contribution < -0.4 is 5.73 Å². The fourth-order valence-electron chi connectivity index (χ4n) is 6.16. The smallest absolute Gasteiger partial charge is 0.225 e. The first-order chi connectivity index (χ1) is 16.4. The van der Waals surface area contributed by atoms with Gasteiger partial charge in [-0.2, -0.15) is 0 Å². The van der Waals surface area contributed by atoms with Crippen LogP contribution in [0.4, 0.5) is 0 Å². The normalized spacial score (nSPS) is 22.0. The van der Waals surface area contributed by atoms with Gasteiger partial charge in [0.15, 0.2) is 0 Å². The number of H-pyrrole nitrogens is 1. The van der Waals surface area contributed by atoms with E-state index < -0.39 is 0 Å². The summed E-state index contributed by atoms with van der Waals surface area (Å²) in [5.41, 5.74) is 13.5. The van der Waals surface area contributed by atoms with Gasteiger partial charge in [-0.25, -0.2) is 0 Å². The molecular weight excluding hydrogens is 420 g/mol. The van der Waals surface area contributed by atoms with Gasteiger partial charge in [-0.1, -0.05) is 26.3 Å². The quantitative estimate of drug-likeness (QED) is 0.512. The van der Waals surface area contributed by atoms with Gasteiger partial charge in [-0.3, -0.25) is 9.78 Å². The topological polar surface area (TPSA) is 75.0 Å². The molecule has 2 aliphatic rings. The molecule has 0 spiro atoms. The van der Waals surface area contributed by atoms with Gasteiger partial charge in [0.25, 0.3) is 0 Å². The molecule has 180 valence electrons. The molecule has 1 aliphatic carbocycles. The number of hydrogen-bond acceptors (Lipinski definition) is 3. The first-order valence-electron chi connectivity index (χ1n) is 13.0. The van der Waals surface area contributed by atoms with E-state index in [9.17, 15) is 4.79 Å². The molecule has 5 nitrogen and oxygen atoms in total. The summed E-state index contributed by atoms with van der Waals surface area (Å²) in [6, 6.07) is 11.4. The Morgan fingerprint density at radius 1 is 1.12 bits per heavy atom. The number of pyridine rings is 1. The van der Waals surface area contributed by atoms with Gasteiger partial charge in [0, 0.05) is 53.4 Å². The average Bonchev–Trinajstić information content (AvgIpc) is 3.23. The summed E-state index contributed by atoms with van der Waals surface area (Å²) in [7, 11) is 0. The Morgan fingerprint density at radius 2 is 1.91 bits per heavy atom. The number of nitrogens with one attached hydrogen (secondary N) is 1. The third-order valence-electron chi connectivity index (χ3n) is 7.97. The second-order valence-corrected chi connectivity index (χ2v) is 10.8. The summed E-state index contributed by atoms with van der Waals surface area (Å²) in [4.78, 5) is 23.2. The Labute approximate surface area is 203 Å². The van der Waals surface area contributed by atoms with Crippen LogP contribution in [-0.2, 0) is 4.79 Å². The van der Waals surface area contributed by atoms with Crippen LogP contribution in [0.15, 0.2) is 36.5 Å². The summed E-state index contributed by atoms with van der Waals surface area (Å²) in [5.74, 6) is 1.40. The number of piperidine rings is 1. The highest BCUT2D eigenvalue weighted by Gasteiger charge is 2.31. The summed E-state index contributed by atoms with van der Waals surface area (Å²) < 4.78 is 0. The number of aryl methyl sites for hydroxylation is 1. The predicted molar refractivity (Wildman–Crippen MR) is 139 cm³/mol. The SMILES string of the molecule is Cc1cc(-c2[nH]c3ccc(C4CCN(C(=O)[C@@H]5CCC[C@H](N)C5)CC4)cc3c2C(C)C)ccn1. The maximum Gasteiger partial charge on any atom is 0.225 e. The van der Waals surface area contributed by atoms with Gasteiger partial charge in [0.1, 0.15) is 0 Å². The van der Waals surface area contributed by atoms with E-state index in [0.29, 0.717) is 17.7 Å². The number of carbonyl (C=O) groups is 1. The van der Waals surface area contributed by atoms with Crippen molar-refractivity contribution in [1.29, 1.82) is 0 Å². The van der Waals surface area contributed by atoms with E-state index in [0.717, 1.165) is 57.3 Å². The lowest BCUT2D eigenvalue weighted by atomic mass is 9.83. The molecule has 2 fully saturated rings. The molecule has 3 N–H and O–H groups in total. The minimum atomic E-state index is 0.139. The number of hydrogen-bond donors (Lipinski definition) is 2. The number of nitrogens with zero attached hydrogens (tertiary/aromatic N) is 2. The van der Waals surface area contributed by atoms with E-state index in [-0.39, 0.29) is 12.0 Å². The van der Waals surface area contributed by atoms with Crippen LogP contribution in [0.1, 0.15) is 81.0 Å². The second-order valence-electron chi connectivity index (χ2n) is 10.8. The van der Waals surface area contributed by atoms with E-state index >= 15 is 0 Å². The van der Waals surface area contributed by atoms with E-state index in [1.165, 1.54) is 33.3 Å². The van der Waals surface area contributed by atoms with Gasteiger partial charge in [0.05, 0.1) is 5.69 Å². The molecule has 1 aliphatic heterocycles. The van der Waals surface area contributed by atoms with Crippen molar-refractivity contribution in [3.05, 3.63) is 53.3 Å². The summed E-state index contributed by atoms with van der Waals surface area (Å²) in [6.07, 6.45) is 7.98. The zero-order chi connectivity index (χ0) is 23.8. The van der Waals surface area contributed by atoms with Gasteiger partial charge in [0.2, 0.25) is 5.91 Å². The van der Waals surface area contributed by atoms with Crippen LogP contribution in [0.3, 0.4) is 0 Å². The number of amides is 1. The Hall–Kier alpha value is -2.66. The molecule has 0 unspecified atom stereocenters. The molecule has 0 radical (unpaired) electrons. The highest BCUT2D eigenvalue weighted by atomic mass is 16.2. The molecule has 34 heavy (non-hydrogen) atoms. The number of rotatable bonds is 4. The Balaban J connectivity index is 1.36. The third kappa shape index (κ3) is 4.50. The third-order valence-corrected chi connectivity index (χ3v) is 7.97. The van der Waals surface area contributed by atoms with Gasteiger partial charge < -0.3 is 15.6 Å². The minimum Gasteiger partial charge on any atom is -0.354 e. The monoisotopic (exact) mass is 458 g/mol. The Bertz CT molecular complexity index is 1170. The van der Waals surface area contributed by atoms with Crippen LogP contribution in [0.2, 0.25) is 0 Å². The molecule has 5 rings (SSSR count). The molecule has 2 aromatic heterocycles. The number of carbonyl (C=O) groups excluding carboxylic acids is 1. The van der Waals surface area contributed by atoms with Crippen molar-refractivity contribution in [3.63, 3.8) is 0 Å². The Kier molecular flexibility index (Phi) is 6.48. The predicted octanol–water partition coefficient (Wildman–Crippen LogP) is 5.89. The zero-order valence-electron chi connectivity index (χ0n) is 20.8. The standard InChI is InChI=1S/C29H38N4O/c1-18(2)27-25-17-21(7-8-26(25)32-28(27)22-9-12-31-19(3)15-22)20-10-13-33(14-11-20)29(34)23-5-4-6-24(30)16-23/h7-9,12,15,17-18,20,23-24,32H,4-6,10-11,13-14,16,30H2,1-3H3/t23-,24+/m1/s1. The molecule has 1 amide bonds. The molecule has 0 bridgehead atoms. The largest absolute Gasteiger partial charge is 0.354 e. The number of aromatic amines is 1. The van der Waals surface area contributed by atoms with Crippen LogP contribution in [0, 0.1) is 12.8 Å². The lowest BCUT2D eigenvalue weighted by Gasteiger charge is -2.36. The maximum absolute atomic E-state index is 13.1. The van der Waals surface area contributed by atoms with Crippen molar-refractivity contribution in [1.82, 2.24) is 14.9 Å². The fraction of sp³-hybridized carbons (Fsp3) is 0.517. The van der Waals surface area contributed by atoms with Crippen LogP contribution in [0.5, 0.6) is 0 Å². The molecule has 5 heteroatoms. The Morgan fingerprint density at radius 3 is 2.62 bits per heavy atom. The van der Waals surface area contributed by atoms with E-state index in [4.69, 9.17) is 5.73 Å². The molecule has 3 heterocycles. The van der Waals surface area contributed by atoms with Gasteiger partial charge in [-0.05, 0) is 86.3 Å². The minimum absolute atomic E-state index is 0.139. The van der Waals surface area contributed by atoms with Crippen LogP contribution >= 0.6 is 0 Å². The molecule has 3 aromatic rings. The molecule has 1 aromatic carbocycles. The fourth-order valence-corrected chi connectivity index (χ4v) is 6.16. The number of aromatic nitrogens is 2. The first kappa shape index (κ1) is 23.1. The van der Waals surface area contributed by atoms with Crippen molar-refractivity contribution >= 4 is 16.8 Å². The number of benzene rings is 1. The van der Waals surface area contributed by atoms with Gasteiger partial charge in [-0.15, -0.1) is 0 Å². The molecular formula is C29H38N4O. The zero-order valence-corrected chi connectivity index (χ0v) is 20.8. The van der Waals surface area contributed by atoms with Crippen LogP contribution in [-0.4, -0.2) is 39.9 Å². The van der Waals surface area contributed by atoms with Crippen molar-refractivity contribution < 1.29 is 4.79 Å². The average molecular weight is 459 g/mol. The van der Waals surface area contributed by atoms with Crippen molar-refractivity contribution in [2.75, 3.05) is 13.1 Å². The highest BCUT2D eigenvalue weighted by molar-refractivity contribution is 5.92. The van der Waals surface area contributed by atoms with Crippen LogP contribution in [0.25, 0.3) is 22.2 Å². The summed E-state index contributed by atoms with van der Waals surface area (Å²) >= 11 is 0. The molecule has 1 saturated carbocycles. The second kappa shape index (κ2) is 9.53. The van der Waals surface area contributed by atoms with Crippen molar-refractivity contribution in [2.24, 2.45) is 11.7 Å². The number of fused-ring (bicyclic) bond motifs is 1. The summed E-state index contributed by atoms with van der Waals surface area (Å²) in [5, 5.41) is 1.33. The summed E-state index contributed by atoms with van der Waals surface area (Å²) in [6.45, 7) is 8.30. The number of likely N-dealkylation sites (tertiary alicyclic amines) is 1. The van der Waals surface area contributed by atoms with Crippen molar-refractivity contribution in [3.8, 4) is 11.3 Å². The van der Waals surface area contributed by atoms with E-state index in [1.54, 1.807) is 0 Å². The lowest BCUT2D eigenvalue weighted by Crippen LogP contribution is -2.44.